The van der Waals surface area contributed by atoms with E-state index in [1.165, 1.54) is 12.1 Å². The molecule has 0 fully saturated rings. The van der Waals surface area contributed by atoms with Crippen molar-refractivity contribution < 1.29 is 8.81 Å². The van der Waals surface area contributed by atoms with Crippen LogP contribution in [0.3, 0.4) is 0 Å². The quantitative estimate of drug-likeness (QED) is 0.902. The molecule has 1 N–H and O–H groups in total. The smallest absolute Gasteiger partial charge is 0.153 e. The minimum absolute atomic E-state index is 0.325. The lowest BCUT2D eigenvalue weighted by Gasteiger charge is -2.05. The lowest BCUT2D eigenvalue weighted by molar-refractivity contribution is 0.515. The standard InChI is InChI=1S/C14H17ClFNO/c1-8(2)4-10-11-5-9(16)6-12(15)14(11)18-13(10)7-17-3/h5-6,8,17H,4,7H2,1-3H3. The maximum absolute atomic E-state index is 13.5. The molecule has 0 amide bonds. The number of halogens is 2. The lowest BCUT2D eigenvalue weighted by Crippen LogP contribution is -2.07. The third-order valence-corrected chi connectivity index (χ3v) is 3.13. The van der Waals surface area contributed by atoms with Gasteiger partial charge in [-0.15, -0.1) is 0 Å². The van der Waals surface area contributed by atoms with Crippen LogP contribution in [0, 0.1) is 11.7 Å². The minimum atomic E-state index is -0.325. The van der Waals surface area contributed by atoms with Crippen LogP contribution in [0.15, 0.2) is 16.5 Å². The van der Waals surface area contributed by atoms with Crippen LogP contribution < -0.4 is 5.32 Å². The molecule has 1 aromatic carbocycles. The zero-order valence-corrected chi connectivity index (χ0v) is 11.6. The summed E-state index contributed by atoms with van der Waals surface area (Å²) in [6.45, 7) is 4.88. The molecule has 0 radical (unpaired) electrons. The van der Waals surface area contributed by atoms with E-state index in [0.717, 1.165) is 23.1 Å². The van der Waals surface area contributed by atoms with Crippen LogP contribution >= 0.6 is 11.6 Å². The van der Waals surface area contributed by atoms with Crippen molar-refractivity contribution in [3.63, 3.8) is 0 Å². The largest absolute Gasteiger partial charge is 0.458 e. The molecule has 2 rings (SSSR count). The van der Waals surface area contributed by atoms with Crippen molar-refractivity contribution in [2.24, 2.45) is 5.92 Å². The summed E-state index contributed by atoms with van der Waals surface area (Å²) in [6.07, 6.45) is 0.851. The second-order valence-electron chi connectivity index (χ2n) is 4.90. The lowest BCUT2D eigenvalue weighted by atomic mass is 9.99. The number of fused-ring (bicyclic) bond motifs is 1. The van der Waals surface area contributed by atoms with E-state index in [9.17, 15) is 4.39 Å². The molecule has 1 aromatic heterocycles. The fourth-order valence-electron chi connectivity index (χ4n) is 2.16. The first-order valence-electron chi connectivity index (χ1n) is 6.06. The molecule has 0 atom stereocenters. The van der Waals surface area contributed by atoms with Gasteiger partial charge < -0.3 is 9.73 Å². The number of benzene rings is 1. The highest BCUT2D eigenvalue weighted by Gasteiger charge is 2.17. The molecule has 0 aliphatic heterocycles. The summed E-state index contributed by atoms with van der Waals surface area (Å²) in [4.78, 5) is 0. The Hall–Kier alpha value is -1.06. The average molecular weight is 270 g/mol. The van der Waals surface area contributed by atoms with E-state index in [1.54, 1.807) is 0 Å². The highest BCUT2D eigenvalue weighted by molar-refractivity contribution is 6.34. The summed E-state index contributed by atoms with van der Waals surface area (Å²) >= 11 is 6.03. The molecule has 2 nitrogen and oxygen atoms in total. The summed E-state index contributed by atoms with van der Waals surface area (Å²) in [5, 5.41) is 4.18. The highest BCUT2D eigenvalue weighted by Crippen LogP contribution is 2.33. The van der Waals surface area contributed by atoms with Crippen LogP contribution in [0.1, 0.15) is 25.2 Å². The summed E-state index contributed by atoms with van der Waals surface area (Å²) in [7, 11) is 1.86. The molecular weight excluding hydrogens is 253 g/mol. The van der Waals surface area contributed by atoms with Gasteiger partial charge in [0, 0.05) is 10.9 Å². The van der Waals surface area contributed by atoms with E-state index in [0.29, 0.717) is 23.1 Å². The number of hydrogen-bond acceptors (Lipinski definition) is 2. The molecule has 4 heteroatoms. The van der Waals surface area contributed by atoms with Gasteiger partial charge in [-0.2, -0.15) is 0 Å². The Labute approximate surface area is 111 Å². The SMILES string of the molecule is CNCc1oc2c(Cl)cc(F)cc2c1CC(C)C. The summed E-state index contributed by atoms with van der Waals surface area (Å²) < 4.78 is 19.2. The second kappa shape index (κ2) is 5.29. The summed E-state index contributed by atoms with van der Waals surface area (Å²) in [5.74, 6) is 0.992. The normalized spacial score (nSPS) is 11.7. The van der Waals surface area contributed by atoms with Crippen molar-refractivity contribution in [2.45, 2.75) is 26.8 Å². The van der Waals surface area contributed by atoms with Gasteiger partial charge in [-0.1, -0.05) is 25.4 Å². The van der Waals surface area contributed by atoms with Crippen molar-refractivity contribution >= 4 is 22.6 Å². The van der Waals surface area contributed by atoms with Gasteiger partial charge in [0.2, 0.25) is 0 Å². The Morgan fingerprint density at radius 2 is 2.11 bits per heavy atom. The molecule has 18 heavy (non-hydrogen) atoms. The number of rotatable bonds is 4. The molecule has 0 spiro atoms. The molecule has 0 saturated carbocycles. The average Bonchev–Trinajstić information content (AvgIpc) is 2.58. The first-order valence-corrected chi connectivity index (χ1v) is 6.44. The summed E-state index contributed by atoms with van der Waals surface area (Å²) in [5.41, 5.74) is 1.63. The predicted molar refractivity (Wildman–Crippen MR) is 72.5 cm³/mol. The van der Waals surface area contributed by atoms with E-state index in [4.69, 9.17) is 16.0 Å². The molecule has 0 unspecified atom stereocenters. The van der Waals surface area contributed by atoms with Crippen molar-refractivity contribution in [3.05, 3.63) is 34.3 Å². The molecule has 1 heterocycles. The minimum Gasteiger partial charge on any atom is -0.458 e. The topological polar surface area (TPSA) is 25.2 Å². The summed E-state index contributed by atoms with van der Waals surface area (Å²) in [6, 6.07) is 2.79. The van der Waals surface area contributed by atoms with Gasteiger partial charge in [0.15, 0.2) is 5.58 Å². The Morgan fingerprint density at radius 1 is 1.39 bits per heavy atom. The van der Waals surface area contributed by atoms with Gasteiger partial charge in [0.05, 0.1) is 11.6 Å². The molecule has 0 aliphatic rings. The first kappa shape index (κ1) is 13.4. The monoisotopic (exact) mass is 269 g/mol. The van der Waals surface area contributed by atoms with E-state index in [-0.39, 0.29) is 5.82 Å². The van der Waals surface area contributed by atoms with Crippen LogP contribution in [0.25, 0.3) is 11.0 Å². The van der Waals surface area contributed by atoms with E-state index < -0.39 is 0 Å². The first-order chi connectivity index (χ1) is 8.52. The van der Waals surface area contributed by atoms with E-state index in [2.05, 4.69) is 19.2 Å². The Balaban J connectivity index is 2.64. The zero-order valence-electron chi connectivity index (χ0n) is 10.8. The predicted octanol–water partition coefficient (Wildman–Crippen LogP) is 4.14. The van der Waals surface area contributed by atoms with E-state index in [1.807, 2.05) is 7.05 Å². The molecule has 0 bridgehead atoms. The van der Waals surface area contributed by atoms with Crippen LogP contribution in [-0.2, 0) is 13.0 Å². The van der Waals surface area contributed by atoms with Crippen LogP contribution in [0.5, 0.6) is 0 Å². The zero-order chi connectivity index (χ0) is 13.3. The fraction of sp³-hybridized carbons (Fsp3) is 0.429. The van der Waals surface area contributed by atoms with Crippen molar-refractivity contribution in [1.82, 2.24) is 5.32 Å². The van der Waals surface area contributed by atoms with Gasteiger partial charge in [-0.3, -0.25) is 0 Å². The third kappa shape index (κ3) is 2.52. The Kier molecular flexibility index (Phi) is 3.93. The van der Waals surface area contributed by atoms with Crippen LogP contribution in [0.2, 0.25) is 5.02 Å². The molecule has 0 aliphatic carbocycles. The van der Waals surface area contributed by atoms with Crippen molar-refractivity contribution in [3.8, 4) is 0 Å². The fourth-order valence-corrected chi connectivity index (χ4v) is 2.40. The second-order valence-corrected chi connectivity index (χ2v) is 5.30. The van der Waals surface area contributed by atoms with Gasteiger partial charge in [0.25, 0.3) is 0 Å². The van der Waals surface area contributed by atoms with Gasteiger partial charge >= 0.3 is 0 Å². The third-order valence-electron chi connectivity index (χ3n) is 2.85. The number of nitrogens with one attached hydrogen (secondary N) is 1. The Morgan fingerprint density at radius 3 is 2.72 bits per heavy atom. The maximum atomic E-state index is 13.5. The molecule has 2 aromatic rings. The van der Waals surface area contributed by atoms with Gasteiger partial charge in [-0.05, 0) is 31.5 Å². The van der Waals surface area contributed by atoms with Gasteiger partial charge in [-0.25, -0.2) is 4.39 Å². The highest BCUT2D eigenvalue weighted by atomic mass is 35.5. The Bertz CT molecular complexity index is 562. The van der Waals surface area contributed by atoms with Crippen LogP contribution in [-0.4, -0.2) is 7.05 Å². The molecule has 98 valence electrons. The number of furan rings is 1. The van der Waals surface area contributed by atoms with Gasteiger partial charge in [0.1, 0.15) is 11.6 Å². The van der Waals surface area contributed by atoms with Crippen LogP contribution in [0.4, 0.5) is 4.39 Å². The van der Waals surface area contributed by atoms with E-state index >= 15 is 0 Å². The van der Waals surface area contributed by atoms with Crippen molar-refractivity contribution in [1.29, 1.82) is 0 Å². The molecule has 0 saturated heterocycles. The number of hydrogen-bond donors (Lipinski definition) is 1. The van der Waals surface area contributed by atoms with Crippen molar-refractivity contribution in [2.75, 3.05) is 7.05 Å². The maximum Gasteiger partial charge on any atom is 0.153 e. The molecular formula is C14H17ClFNO.